The van der Waals surface area contributed by atoms with E-state index < -0.39 is 11.6 Å². The standard InChI is InChI=1S/C17H19F2NO/c1-4-20-17(13-8-6-12(18)10-15(13)19)14-7-5-11(2)9-16(14)21-3/h5-10,17,20H,4H2,1-3H3. The second kappa shape index (κ2) is 6.68. The van der Waals surface area contributed by atoms with E-state index in [-0.39, 0.29) is 6.04 Å². The number of benzene rings is 2. The fourth-order valence-electron chi connectivity index (χ4n) is 2.38. The van der Waals surface area contributed by atoms with E-state index in [0.717, 1.165) is 17.2 Å². The maximum atomic E-state index is 14.1. The summed E-state index contributed by atoms with van der Waals surface area (Å²) in [7, 11) is 1.59. The fourth-order valence-corrected chi connectivity index (χ4v) is 2.38. The lowest BCUT2D eigenvalue weighted by Crippen LogP contribution is -2.23. The molecule has 0 aromatic heterocycles. The van der Waals surface area contributed by atoms with Crippen LogP contribution in [0.1, 0.15) is 29.7 Å². The summed E-state index contributed by atoms with van der Waals surface area (Å²) in [6, 6.07) is 9.02. The van der Waals surface area contributed by atoms with Crippen molar-refractivity contribution in [2.75, 3.05) is 13.7 Å². The van der Waals surface area contributed by atoms with Crippen molar-refractivity contribution in [2.45, 2.75) is 19.9 Å². The molecule has 2 aromatic carbocycles. The number of halogens is 2. The lowest BCUT2D eigenvalue weighted by Gasteiger charge is -2.22. The van der Waals surface area contributed by atoms with Gasteiger partial charge in [-0.25, -0.2) is 8.78 Å². The number of hydrogen-bond donors (Lipinski definition) is 1. The predicted octanol–water partition coefficient (Wildman–Crippen LogP) is 3.98. The summed E-state index contributed by atoms with van der Waals surface area (Å²) in [5.41, 5.74) is 2.29. The summed E-state index contributed by atoms with van der Waals surface area (Å²) in [5, 5.41) is 3.23. The molecule has 0 radical (unpaired) electrons. The van der Waals surface area contributed by atoms with Crippen molar-refractivity contribution in [3.63, 3.8) is 0 Å². The Hall–Kier alpha value is -1.94. The smallest absolute Gasteiger partial charge is 0.131 e. The van der Waals surface area contributed by atoms with Gasteiger partial charge >= 0.3 is 0 Å². The summed E-state index contributed by atoms with van der Waals surface area (Å²) in [6.07, 6.45) is 0. The van der Waals surface area contributed by atoms with E-state index in [9.17, 15) is 8.78 Å². The van der Waals surface area contributed by atoms with Gasteiger partial charge in [0.2, 0.25) is 0 Å². The van der Waals surface area contributed by atoms with Crippen LogP contribution in [-0.4, -0.2) is 13.7 Å². The number of aryl methyl sites for hydroxylation is 1. The number of hydrogen-bond acceptors (Lipinski definition) is 2. The summed E-state index contributed by atoms with van der Waals surface area (Å²) in [6.45, 7) is 4.56. The van der Waals surface area contributed by atoms with Crippen LogP contribution in [0, 0.1) is 18.6 Å². The monoisotopic (exact) mass is 291 g/mol. The van der Waals surface area contributed by atoms with Crippen molar-refractivity contribution in [2.24, 2.45) is 0 Å². The fraction of sp³-hybridized carbons (Fsp3) is 0.294. The second-order valence-corrected chi connectivity index (χ2v) is 4.90. The van der Waals surface area contributed by atoms with Crippen molar-refractivity contribution >= 4 is 0 Å². The van der Waals surface area contributed by atoms with Crippen molar-refractivity contribution < 1.29 is 13.5 Å². The van der Waals surface area contributed by atoms with Crippen molar-refractivity contribution in [1.82, 2.24) is 5.32 Å². The van der Waals surface area contributed by atoms with Gasteiger partial charge in [-0.2, -0.15) is 0 Å². The Labute approximate surface area is 123 Å². The Morgan fingerprint density at radius 2 is 1.81 bits per heavy atom. The molecule has 0 bridgehead atoms. The molecule has 21 heavy (non-hydrogen) atoms. The first-order chi connectivity index (χ1) is 10.1. The zero-order valence-electron chi connectivity index (χ0n) is 12.4. The summed E-state index contributed by atoms with van der Waals surface area (Å²) >= 11 is 0. The molecule has 0 aliphatic heterocycles. The lowest BCUT2D eigenvalue weighted by molar-refractivity contribution is 0.403. The molecular weight excluding hydrogens is 272 g/mol. The molecule has 1 atom stereocenters. The van der Waals surface area contributed by atoms with Gasteiger partial charge in [0.1, 0.15) is 17.4 Å². The highest BCUT2D eigenvalue weighted by atomic mass is 19.1. The first kappa shape index (κ1) is 15.4. The van der Waals surface area contributed by atoms with Crippen LogP contribution in [0.4, 0.5) is 8.78 Å². The number of rotatable bonds is 5. The zero-order chi connectivity index (χ0) is 15.4. The summed E-state index contributed by atoms with van der Waals surface area (Å²) < 4.78 is 32.6. The van der Waals surface area contributed by atoms with E-state index >= 15 is 0 Å². The lowest BCUT2D eigenvalue weighted by atomic mass is 9.96. The maximum absolute atomic E-state index is 14.1. The molecule has 0 spiro atoms. The molecule has 0 aliphatic carbocycles. The Balaban J connectivity index is 2.53. The van der Waals surface area contributed by atoms with Crippen LogP contribution in [0.15, 0.2) is 36.4 Å². The highest BCUT2D eigenvalue weighted by Crippen LogP contribution is 2.32. The SMILES string of the molecule is CCNC(c1ccc(F)cc1F)c1ccc(C)cc1OC. The minimum atomic E-state index is -0.581. The zero-order valence-corrected chi connectivity index (χ0v) is 12.4. The first-order valence-electron chi connectivity index (χ1n) is 6.89. The van der Waals surface area contributed by atoms with Crippen LogP contribution in [0.2, 0.25) is 0 Å². The van der Waals surface area contributed by atoms with Crippen LogP contribution >= 0.6 is 0 Å². The van der Waals surface area contributed by atoms with Crippen LogP contribution in [0.5, 0.6) is 5.75 Å². The van der Waals surface area contributed by atoms with Gasteiger partial charge < -0.3 is 10.1 Å². The number of ether oxygens (including phenoxy) is 1. The molecule has 0 aliphatic rings. The highest BCUT2D eigenvalue weighted by molar-refractivity contribution is 5.44. The van der Waals surface area contributed by atoms with Gasteiger partial charge in [0, 0.05) is 17.2 Å². The third kappa shape index (κ3) is 3.39. The van der Waals surface area contributed by atoms with E-state index in [0.29, 0.717) is 17.9 Å². The Morgan fingerprint density at radius 1 is 1.10 bits per heavy atom. The molecular formula is C17H19F2NO. The van der Waals surface area contributed by atoms with Crippen molar-refractivity contribution in [3.05, 3.63) is 64.7 Å². The van der Waals surface area contributed by atoms with Crippen LogP contribution in [0.3, 0.4) is 0 Å². The minimum absolute atomic E-state index is 0.383. The largest absolute Gasteiger partial charge is 0.496 e. The molecule has 1 unspecified atom stereocenters. The number of methoxy groups -OCH3 is 1. The van der Waals surface area contributed by atoms with Crippen LogP contribution in [0.25, 0.3) is 0 Å². The van der Waals surface area contributed by atoms with Gasteiger partial charge in [0.25, 0.3) is 0 Å². The average molecular weight is 291 g/mol. The summed E-state index contributed by atoms with van der Waals surface area (Å²) in [4.78, 5) is 0. The Kier molecular flexibility index (Phi) is 4.91. The van der Waals surface area contributed by atoms with Gasteiger partial charge in [0.15, 0.2) is 0 Å². The molecule has 2 rings (SSSR count). The topological polar surface area (TPSA) is 21.3 Å². The molecule has 112 valence electrons. The van der Waals surface area contributed by atoms with E-state index in [1.807, 2.05) is 32.0 Å². The summed E-state index contributed by atoms with van der Waals surface area (Å²) in [5.74, 6) is -0.462. The van der Waals surface area contributed by atoms with Crippen molar-refractivity contribution in [1.29, 1.82) is 0 Å². The molecule has 0 saturated heterocycles. The van der Waals surface area contributed by atoms with Gasteiger partial charge in [-0.05, 0) is 31.2 Å². The third-order valence-corrected chi connectivity index (χ3v) is 3.38. The Morgan fingerprint density at radius 3 is 2.43 bits per heavy atom. The second-order valence-electron chi connectivity index (χ2n) is 4.90. The minimum Gasteiger partial charge on any atom is -0.496 e. The maximum Gasteiger partial charge on any atom is 0.131 e. The van der Waals surface area contributed by atoms with Crippen LogP contribution in [-0.2, 0) is 0 Å². The molecule has 0 fully saturated rings. The van der Waals surface area contributed by atoms with Crippen LogP contribution < -0.4 is 10.1 Å². The normalized spacial score (nSPS) is 12.2. The van der Waals surface area contributed by atoms with Gasteiger partial charge in [-0.1, -0.05) is 25.1 Å². The van der Waals surface area contributed by atoms with Crippen molar-refractivity contribution in [3.8, 4) is 5.75 Å². The molecule has 2 nitrogen and oxygen atoms in total. The van der Waals surface area contributed by atoms with E-state index in [1.165, 1.54) is 12.1 Å². The van der Waals surface area contributed by atoms with E-state index in [4.69, 9.17) is 4.74 Å². The molecule has 0 amide bonds. The van der Waals surface area contributed by atoms with E-state index in [1.54, 1.807) is 7.11 Å². The highest BCUT2D eigenvalue weighted by Gasteiger charge is 2.21. The molecule has 2 aromatic rings. The van der Waals surface area contributed by atoms with Gasteiger partial charge in [0.05, 0.1) is 13.2 Å². The number of nitrogens with one attached hydrogen (secondary N) is 1. The van der Waals surface area contributed by atoms with Gasteiger partial charge in [-0.15, -0.1) is 0 Å². The molecule has 4 heteroatoms. The first-order valence-corrected chi connectivity index (χ1v) is 6.89. The van der Waals surface area contributed by atoms with Gasteiger partial charge in [-0.3, -0.25) is 0 Å². The molecule has 0 saturated carbocycles. The molecule has 0 heterocycles. The predicted molar refractivity (Wildman–Crippen MR) is 79.6 cm³/mol. The average Bonchev–Trinajstić information content (AvgIpc) is 2.45. The molecule has 1 N–H and O–H groups in total. The Bertz CT molecular complexity index is 628. The van der Waals surface area contributed by atoms with E-state index in [2.05, 4.69) is 5.32 Å². The quantitative estimate of drug-likeness (QED) is 0.899. The third-order valence-electron chi connectivity index (χ3n) is 3.38.